The van der Waals surface area contributed by atoms with Crippen LogP contribution in [0.5, 0.6) is 0 Å². The number of nitrogens with one attached hydrogen (secondary N) is 1. The number of rotatable bonds is 2. The highest BCUT2D eigenvalue weighted by Gasteiger charge is 2.30. The van der Waals surface area contributed by atoms with E-state index in [-0.39, 0.29) is 11.4 Å². The van der Waals surface area contributed by atoms with E-state index in [1.807, 2.05) is 11.4 Å². The van der Waals surface area contributed by atoms with Crippen LogP contribution in [0.15, 0.2) is 11.4 Å². The molecular weight excluding hydrogens is 321 g/mol. The third-order valence-corrected chi connectivity index (χ3v) is 4.74. The van der Waals surface area contributed by atoms with Crippen LogP contribution in [0.2, 0.25) is 0 Å². The molecule has 1 heterocycles. The Morgan fingerprint density at radius 2 is 2.20 bits per heavy atom. The molecule has 1 aliphatic carbocycles. The number of carbonyl (C=O) groups is 1. The van der Waals surface area contributed by atoms with Crippen LogP contribution in [-0.2, 0) is 0 Å². The predicted octanol–water partition coefficient (Wildman–Crippen LogP) is 3.42. The summed E-state index contributed by atoms with van der Waals surface area (Å²) in [6.45, 7) is 2.15. The Labute approximate surface area is 108 Å². The minimum atomic E-state index is 0.0322. The first-order valence-electron chi connectivity index (χ1n) is 5.16. The van der Waals surface area contributed by atoms with E-state index < -0.39 is 0 Å². The van der Waals surface area contributed by atoms with Gasteiger partial charge >= 0.3 is 0 Å². The number of hydrogen-bond donors (Lipinski definition) is 1. The van der Waals surface area contributed by atoms with Crippen molar-refractivity contribution in [1.82, 2.24) is 5.32 Å². The Morgan fingerprint density at radius 3 is 2.73 bits per heavy atom. The molecule has 1 aromatic rings. The summed E-state index contributed by atoms with van der Waals surface area (Å²) in [5.41, 5.74) is 0.835. The molecule has 1 fully saturated rings. The lowest BCUT2D eigenvalue weighted by Crippen LogP contribution is -2.43. The molecule has 1 aromatic heterocycles. The highest BCUT2D eigenvalue weighted by Crippen LogP contribution is 2.29. The first kappa shape index (κ1) is 11.4. The number of carbonyl (C=O) groups excluding carboxylic acids is 1. The number of thiophene rings is 1. The van der Waals surface area contributed by atoms with Crippen LogP contribution in [0, 0.1) is 2.88 Å². The molecule has 1 N–H and O–H groups in total. The largest absolute Gasteiger partial charge is 0.347 e. The lowest BCUT2D eigenvalue weighted by Gasteiger charge is -2.24. The molecule has 0 aliphatic heterocycles. The van der Waals surface area contributed by atoms with Crippen LogP contribution in [0.4, 0.5) is 0 Å². The lowest BCUT2D eigenvalue weighted by atomic mass is 10.0. The van der Waals surface area contributed by atoms with Crippen LogP contribution in [-0.4, -0.2) is 11.4 Å². The Hall–Kier alpha value is -0.100. The molecule has 0 bridgehead atoms. The Morgan fingerprint density at radius 1 is 1.53 bits per heavy atom. The van der Waals surface area contributed by atoms with Gasteiger partial charge in [-0.2, -0.15) is 0 Å². The third kappa shape index (κ3) is 2.72. The van der Waals surface area contributed by atoms with Gasteiger partial charge in [0.15, 0.2) is 0 Å². The van der Waals surface area contributed by atoms with Gasteiger partial charge in [0.2, 0.25) is 0 Å². The Bertz CT molecular complexity index is 368. The normalized spacial score (nSPS) is 19.1. The molecule has 2 nitrogen and oxygen atoms in total. The summed E-state index contributed by atoms with van der Waals surface area (Å²) in [5.74, 6) is 0.0820. The van der Waals surface area contributed by atoms with Crippen LogP contribution >= 0.6 is 33.9 Å². The van der Waals surface area contributed by atoms with Gasteiger partial charge in [-0.15, -0.1) is 11.3 Å². The molecule has 0 atom stereocenters. The molecule has 0 spiro atoms. The van der Waals surface area contributed by atoms with Crippen molar-refractivity contribution in [3.8, 4) is 0 Å². The zero-order chi connectivity index (χ0) is 10.9. The zero-order valence-corrected chi connectivity index (χ0v) is 11.7. The predicted molar refractivity (Wildman–Crippen MR) is 71.4 cm³/mol. The summed E-state index contributed by atoms with van der Waals surface area (Å²) in [6, 6.07) is 1.94. The van der Waals surface area contributed by atoms with Gasteiger partial charge in [-0.05, 0) is 48.4 Å². The third-order valence-electron chi connectivity index (χ3n) is 2.95. The highest BCUT2D eigenvalue weighted by molar-refractivity contribution is 14.1. The summed E-state index contributed by atoms with van der Waals surface area (Å²) >= 11 is 3.86. The van der Waals surface area contributed by atoms with Crippen molar-refractivity contribution < 1.29 is 4.79 Å². The van der Waals surface area contributed by atoms with E-state index >= 15 is 0 Å². The summed E-state index contributed by atoms with van der Waals surface area (Å²) in [6.07, 6.45) is 4.69. The molecule has 1 aliphatic rings. The molecule has 0 radical (unpaired) electrons. The van der Waals surface area contributed by atoms with Gasteiger partial charge in [0.25, 0.3) is 5.91 Å². The van der Waals surface area contributed by atoms with E-state index in [0.29, 0.717) is 0 Å². The maximum absolute atomic E-state index is 11.9. The SMILES string of the molecule is CC1(NC(=O)c2csc(I)c2)CCCC1. The van der Waals surface area contributed by atoms with Gasteiger partial charge < -0.3 is 5.32 Å². The molecule has 2 rings (SSSR count). The van der Waals surface area contributed by atoms with Gasteiger partial charge in [0.05, 0.1) is 8.45 Å². The van der Waals surface area contributed by atoms with Crippen molar-refractivity contribution in [2.75, 3.05) is 0 Å². The van der Waals surface area contributed by atoms with Crippen molar-refractivity contribution in [3.63, 3.8) is 0 Å². The summed E-state index contributed by atoms with van der Waals surface area (Å²) in [7, 11) is 0. The maximum atomic E-state index is 11.9. The van der Waals surface area contributed by atoms with E-state index in [2.05, 4.69) is 34.8 Å². The van der Waals surface area contributed by atoms with E-state index in [9.17, 15) is 4.79 Å². The summed E-state index contributed by atoms with van der Waals surface area (Å²) in [5, 5.41) is 5.08. The van der Waals surface area contributed by atoms with Crippen molar-refractivity contribution in [3.05, 3.63) is 19.9 Å². The standard InChI is InChI=1S/C11H14INOS/c1-11(4-2-3-5-11)13-10(14)8-6-9(12)15-7-8/h6-7H,2-5H2,1H3,(H,13,14). The maximum Gasteiger partial charge on any atom is 0.252 e. The minimum Gasteiger partial charge on any atom is -0.347 e. The topological polar surface area (TPSA) is 29.1 Å². The smallest absolute Gasteiger partial charge is 0.252 e. The van der Waals surface area contributed by atoms with E-state index in [0.717, 1.165) is 21.3 Å². The van der Waals surface area contributed by atoms with Crippen LogP contribution < -0.4 is 5.32 Å². The second-order valence-electron chi connectivity index (χ2n) is 4.36. The highest BCUT2D eigenvalue weighted by atomic mass is 127. The van der Waals surface area contributed by atoms with Gasteiger partial charge in [-0.25, -0.2) is 0 Å². The first-order chi connectivity index (χ1) is 7.09. The molecule has 4 heteroatoms. The van der Waals surface area contributed by atoms with Gasteiger partial charge in [-0.1, -0.05) is 12.8 Å². The lowest BCUT2D eigenvalue weighted by molar-refractivity contribution is 0.0908. The molecule has 0 unspecified atom stereocenters. The van der Waals surface area contributed by atoms with Crippen LogP contribution in [0.25, 0.3) is 0 Å². The summed E-state index contributed by atoms with van der Waals surface area (Å²) < 4.78 is 1.16. The fourth-order valence-electron chi connectivity index (χ4n) is 2.06. The van der Waals surface area contributed by atoms with Gasteiger partial charge in [0, 0.05) is 10.9 Å². The monoisotopic (exact) mass is 335 g/mol. The number of hydrogen-bond acceptors (Lipinski definition) is 2. The van der Waals surface area contributed by atoms with Gasteiger partial charge in [0.1, 0.15) is 0 Å². The molecular formula is C11H14INOS. The second kappa shape index (κ2) is 4.41. The molecule has 1 saturated carbocycles. The molecule has 0 saturated heterocycles. The van der Waals surface area contributed by atoms with Crippen molar-refractivity contribution in [1.29, 1.82) is 0 Å². The average molecular weight is 335 g/mol. The molecule has 15 heavy (non-hydrogen) atoms. The Kier molecular flexibility index (Phi) is 3.35. The van der Waals surface area contributed by atoms with E-state index in [4.69, 9.17) is 0 Å². The molecule has 1 amide bonds. The van der Waals surface area contributed by atoms with E-state index in [1.54, 1.807) is 11.3 Å². The molecule has 82 valence electrons. The molecule has 0 aromatic carbocycles. The van der Waals surface area contributed by atoms with Gasteiger partial charge in [-0.3, -0.25) is 4.79 Å². The summed E-state index contributed by atoms with van der Waals surface area (Å²) in [4.78, 5) is 11.9. The van der Waals surface area contributed by atoms with Crippen molar-refractivity contribution >= 4 is 39.8 Å². The zero-order valence-electron chi connectivity index (χ0n) is 8.68. The van der Waals surface area contributed by atoms with Crippen molar-refractivity contribution in [2.24, 2.45) is 0 Å². The fourth-order valence-corrected chi connectivity index (χ4v) is 3.38. The second-order valence-corrected chi connectivity index (χ2v) is 7.17. The Balaban J connectivity index is 2.03. The fraction of sp³-hybridized carbons (Fsp3) is 0.545. The quantitative estimate of drug-likeness (QED) is 0.825. The van der Waals surface area contributed by atoms with Crippen LogP contribution in [0.1, 0.15) is 43.0 Å². The van der Waals surface area contributed by atoms with Crippen molar-refractivity contribution in [2.45, 2.75) is 38.1 Å². The average Bonchev–Trinajstić information content (AvgIpc) is 2.75. The number of amides is 1. The minimum absolute atomic E-state index is 0.0322. The first-order valence-corrected chi connectivity index (χ1v) is 7.11. The number of halogens is 1. The van der Waals surface area contributed by atoms with Crippen LogP contribution in [0.3, 0.4) is 0 Å². The van der Waals surface area contributed by atoms with E-state index in [1.165, 1.54) is 12.8 Å².